The van der Waals surface area contributed by atoms with E-state index in [2.05, 4.69) is 25.8 Å². The maximum Gasteiger partial charge on any atom is 0.387 e. The van der Waals surface area contributed by atoms with Crippen LogP contribution in [-0.4, -0.2) is 23.5 Å². The van der Waals surface area contributed by atoms with Gasteiger partial charge in [0.2, 0.25) is 0 Å². The van der Waals surface area contributed by atoms with Crippen LogP contribution in [0.15, 0.2) is 39.7 Å². The Kier molecular flexibility index (Phi) is 4.33. The molecule has 0 saturated carbocycles. The Morgan fingerprint density at radius 3 is 2.50 bits per heavy atom. The van der Waals surface area contributed by atoms with E-state index in [-0.39, 0.29) is 10.2 Å². The topological polar surface area (TPSA) is 53.4 Å². The molecule has 20 heavy (non-hydrogen) atoms. The van der Waals surface area contributed by atoms with Crippen molar-refractivity contribution >= 4 is 15.9 Å². The first-order chi connectivity index (χ1) is 9.52. The van der Waals surface area contributed by atoms with Gasteiger partial charge in [-0.25, -0.2) is 0 Å². The first-order valence-electron chi connectivity index (χ1n) is 5.40. The number of halogens is 3. The summed E-state index contributed by atoms with van der Waals surface area (Å²) in [5, 5.41) is 3.79. The van der Waals surface area contributed by atoms with E-state index in [4.69, 9.17) is 4.74 Å². The highest BCUT2D eigenvalue weighted by Crippen LogP contribution is 2.22. The molecule has 0 aliphatic carbocycles. The van der Waals surface area contributed by atoms with Crippen molar-refractivity contribution in [2.45, 2.75) is 6.61 Å². The summed E-state index contributed by atoms with van der Waals surface area (Å²) in [7, 11) is 1.52. The van der Waals surface area contributed by atoms with Gasteiger partial charge >= 0.3 is 6.61 Å². The van der Waals surface area contributed by atoms with Gasteiger partial charge in [-0.15, -0.1) is 0 Å². The fourth-order valence-electron chi connectivity index (χ4n) is 1.50. The fourth-order valence-corrected chi connectivity index (χ4v) is 1.87. The van der Waals surface area contributed by atoms with Gasteiger partial charge in [0.15, 0.2) is 5.75 Å². The van der Waals surface area contributed by atoms with Crippen LogP contribution in [0.2, 0.25) is 0 Å². The van der Waals surface area contributed by atoms with E-state index in [1.165, 1.54) is 7.11 Å². The minimum absolute atomic E-state index is 0.122. The van der Waals surface area contributed by atoms with Gasteiger partial charge in [-0.3, -0.25) is 4.79 Å². The molecule has 0 unspecified atom stereocenters. The van der Waals surface area contributed by atoms with Crippen LogP contribution in [0.5, 0.6) is 11.5 Å². The van der Waals surface area contributed by atoms with E-state index >= 15 is 0 Å². The normalized spacial score (nSPS) is 10.7. The van der Waals surface area contributed by atoms with E-state index < -0.39 is 12.2 Å². The van der Waals surface area contributed by atoms with Crippen molar-refractivity contribution in [2.24, 2.45) is 0 Å². The number of rotatable bonds is 4. The summed E-state index contributed by atoms with van der Waals surface area (Å²) < 4.78 is 34.4. The molecular formula is C12H9BrF2N2O3. The summed E-state index contributed by atoms with van der Waals surface area (Å²) in [5.74, 6) is 0.313. The van der Waals surface area contributed by atoms with Gasteiger partial charge in [0.1, 0.15) is 10.2 Å². The standard InChI is InChI=1S/C12H9BrF2N2O3/c1-19-8-4-2-7(3-5-8)17-11(18)10(13)9(6-16-17)20-12(14)15/h2-6,12H,1H3. The second kappa shape index (κ2) is 6.00. The van der Waals surface area contributed by atoms with Crippen LogP contribution in [0.3, 0.4) is 0 Å². The Hall–Kier alpha value is -1.96. The van der Waals surface area contributed by atoms with Crippen LogP contribution in [0.1, 0.15) is 0 Å². The molecule has 0 bridgehead atoms. The third-order valence-corrected chi connectivity index (χ3v) is 3.15. The van der Waals surface area contributed by atoms with Crippen LogP contribution >= 0.6 is 15.9 Å². The third-order valence-electron chi connectivity index (χ3n) is 2.42. The van der Waals surface area contributed by atoms with Crippen LogP contribution < -0.4 is 15.0 Å². The Morgan fingerprint density at radius 2 is 1.95 bits per heavy atom. The summed E-state index contributed by atoms with van der Waals surface area (Å²) in [4.78, 5) is 12.0. The zero-order valence-electron chi connectivity index (χ0n) is 10.2. The molecule has 2 aromatic rings. The van der Waals surface area contributed by atoms with Crippen molar-refractivity contribution in [2.75, 3.05) is 7.11 Å². The molecule has 5 nitrogen and oxygen atoms in total. The average Bonchev–Trinajstić information content (AvgIpc) is 2.44. The molecule has 0 aliphatic rings. The lowest BCUT2D eigenvalue weighted by Gasteiger charge is -2.09. The predicted molar refractivity (Wildman–Crippen MR) is 70.7 cm³/mol. The molecule has 106 valence electrons. The number of hydrogen-bond acceptors (Lipinski definition) is 4. The monoisotopic (exact) mass is 346 g/mol. The molecule has 0 aliphatic heterocycles. The zero-order chi connectivity index (χ0) is 14.7. The molecule has 2 rings (SSSR count). The minimum atomic E-state index is -3.02. The summed E-state index contributed by atoms with van der Waals surface area (Å²) in [5.41, 5.74) is -0.131. The number of benzene rings is 1. The van der Waals surface area contributed by atoms with E-state index in [1.807, 2.05) is 0 Å². The molecule has 0 fully saturated rings. The Balaban J connectivity index is 2.42. The largest absolute Gasteiger partial charge is 0.497 e. The van der Waals surface area contributed by atoms with Crippen molar-refractivity contribution in [3.63, 3.8) is 0 Å². The van der Waals surface area contributed by atoms with Crippen molar-refractivity contribution < 1.29 is 18.3 Å². The molecule has 0 amide bonds. The highest BCUT2D eigenvalue weighted by atomic mass is 79.9. The predicted octanol–water partition coefficient (Wildman–Crippen LogP) is 2.61. The lowest BCUT2D eigenvalue weighted by atomic mass is 10.3. The maximum atomic E-state index is 12.1. The Morgan fingerprint density at radius 1 is 1.30 bits per heavy atom. The number of alkyl halides is 2. The molecule has 0 radical (unpaired) electrons. The molecule has 1 heterocycles. The van der Waals surface area contributed by atoms with Crippen molar-refractivity contribution in [3.8, 4) is 17.2 Å². The molecule has 1 aromatic heterocycles. The van der Waals surface area contributed by atoms with Gasteiger partial charge in [-0.05, 0) is 40.2 Å². The summed E-state index contributed by atoms with van der Waals surface area (Å²) >= 11 is 2.93. The lowest BCUT2D eigenvalue weighted by Crippen LogP contribution is -2.22. The summed E-state index contributed by atoms with van der Waals surface area (Å²) in [6.07, 6.45) is 1.04. The minimum Gasteiger partial charge on any atom is -0.497 e. The molecule has 0 spiro atoms. The number of hydrogen-bond donors (Lipinski definition) is 0. The number of ether oxygens (including phenoxy) is 2. The first kappa shape index (κ1) is 14.4. The van der Waals surface area contributed by atoms with Crippen LogP contribution in [0, 0.1) is 0 Å². The molecule has 0 atom stereocenters. The summed E-state index contributed by atoms with van der Waals surface area (Å²) in [6.45, 7) is -3.02. The SMILES string of the molecule is COc1ccc(-n2ncc(OC(F)F)c(Br)c2=O)cc1. The van der Waals surface area contributed by atoms with E-state index in [1.54, 1.807) is 24.3 Å². The van der Waals surface area contributed by atoms with Crippen molar-refractivity contribution in [3.05, 3.63) is 45.3 Å². The van der Waals surface area contributed by atoms with E-state index in [0.717, 1.165) is 10.9 Å². The molecule has 0 N–H and O–H groups in total. The second-order valence-corrected chi connectivity index (χ2v) is 4.41. The smallest absolute Gasteiger partial charge is 0.387 e. The third kappa shape index (κ3) is 2.96. The number of nitrogens with zero attached hydrogens (tertiary/aromatic N) is 2. The lowest BCUT2D eigenvalue weighted by molar-refractivity contribution is -0.0508. The molecular weight excluding hydrogens is 338 g/mol. The van der Waals surface area contributed by atoms with Crippen molar-refractivity contribution in [1.29, 1.82) is 0 Å². The summed E-state index contributed by atoms with van der Waals surface area (Å²) in [6, 6.07) is 6.54. The highest BCUT2D eigenvalue weighted by molar-refractivity contribution is 9.10. The highest BCUT2D eigenvalue weighted by Gasteiger charge is 2.14. The molecule has 8 heteroatoms. The second-order valence-electron chi connectivity index (χ2n) is 3.62. The van der Waals surface area contributed by atoms with Gasteiger partial charge in [-0.2, -0.15) is 18.6 Å². The van der Waals surface area contributed by atoms with Gasteiger partial charge in [0.05, 0.1) is 19.0 Å². The number of methoxy groups -OCH3 is 1. The average molecular weight is 347 g/mol. The zero-order valence-corrected chi connectivity index (χ0v) is 11.8. The fraction of sp³-hybridized carbons (Fsp3) is 0.167. The van der Waals surface area contributed by atoms with Crippen molar-refractivity contribution in [1.82, 2.24) is 9.78 Å². The van der Waals surface area contributed by atoms with Gasteiger partial charge < -0.3 is 9.47 Å². The van der Waals surface area contributed by atoms with Crippen LogP contribution in [-0.2, 0) is 0 Å². The molecule has 1 aromatic carbocycles. The quantitative estimate of drug-likeness (QED) is 0.853. The van der Waals surface area contributed by atoms with E-state index in [0.29, 0.717) is 11.4 Å². The van der Waals surface area contributed by atoms with Gasteiger partial charge in [0.25, 0.3) is 5.56 Å². The van der Waals surface area contributed by atoms with Crippen LogP contribution in [0.25, 0.3) is 5.69 Å². The Labute approximate surface area is 120 Å². The van der Waals surface area contributed by atoms with Gasteiger partial charge in [-0.1, -0.05) is 0 Å². The Bertz CT molecular complexity index is 659. The van der Waals surface area contributed by atoms with Crippen LogP contribution in [0.4, 0.5) is 8.78 Å². The number of aromatic nitrogens is 2. The first-order valence-corrected chi connectivity index (χ1v) is 6.19. The molecule has 0 saturated heterocycles. The van der Waals surface area contributed by atoms with Gasteiger partial charge in [0, 0.05) is 0 Å². The maximum absolute atomic E-state index is 12.1. The van der Waals surface area contributed by atoms with E-state index in [9.17, 15) is 13.6 Å².